The Morgan fingerprint density at radius 2 is 1.00 bits per heavy atom. The van der Waals surface area contributed by atoms with Crippen molar-refractivity contribution in [3.8, 4) is 0 Å². The maximum atomic E-state index is 2.29. The third-order valence-corrected chi connectivity index (χ3v) is 3.05. The van der Waals surface area contributed by atoms with Gasteiger partial charge >= 0.3 is 0 Å². The smallest absolute Gasteiger partial charge is 0.0348 e. The second kappa shape index (κ2) is 16.2. The standard InChI is InChI=1S/C18H32/c1-3-5-7-9-11-13-15-17-18-16-14-12-10-8-6-4-2/h9,11,13,15,17-18H,3-8,10,12,14,16H2,1-2H3/b11-9-,15-13-,18-17-. The van der Waals surface area contributed by atoms with Crippen LogP contribution in [0.15, 0.2) is 36.5 Å². The monoisotopic (exact) mass is 248 g/mol. The lowest BCUT2D eigenvalue weighted by atomic mass is 10.1. The zero-order chi connectivity index (χ0) is 13.3. The molecule has 0 aromatic carbocycles. The highest BCUT2D eigenvalue weighted by Gasteiger charge is 1.87. The summed E-state index contributed by atoms with van der Waals surface area (Å²) < 4.78 is 0. The minimum atomic E-state index is 1.21. The van der Waals surface area contributed by atoms with Gasteiger partial charge < -0.3 is 0 Å². The predicted molar refractivity (Wildman–Crippen MR) is 84.9 cm³/mol. The normalized spacial score (nSPS) is 12.3. The number of hydrogen-bond donors (Lipinski definition) is 0. The number of rotatable bonds is 12. The van der Waals surface area contributed by atoms with Crippen LogP contribution in [0.5, 0.6) is 0 Å². The van der Waals surface area contributed by atoms with E-state index in [2.05, 4.69) is 50.3 Å². The molecule has 0 radical (unpaired) electrons. The minimum Gasteiger partial charge on any atom is -0.0845 e. The largest absolute Gasteiger partial charge is 0.0845 e. The van der Waals surface area contributed by atoms with Crippen LogP contribution in [-0.2, 0) is 0 Å². The first kappa shape index (κ1) is 17.2. The van der Waals surface area contributed by atoms with Crippen LogP contribution in [-0.4, -0.2) is 0 Å². The van der Waals surface area contributed by atoms with E-state index in [1.807, 2.05) is 0 Å². The van der Waals surface area contributed by atoms with E-state index in [4.69, 9.17) is 0 Å². The first-order valence-electron chi connectivity index (χ1n) is 7.90. The summed E-state index contributed by atoms with van der Waals surface area (Å²) in [6.07, 6.45) is 26.5. The van der Waals surface area contributed by atoms with Gasteiger partial charge in [-0.05, 0) is 19.3 Å². The van der Waals surface area contributed by atoms with Gasteiger partial charge in [-0.1, -0.05) is 95.2 Å². The van der Waals surface area contributed by atoms with Gasteiger partial charge in [-0.15, -0.1) is 0 Å². The van der Waals surface area contributed by atoms with Gasteiger partial charge in [0.25, 0.3) is 0 Å². The number of unbranched alkanes of at least 4 members (excludes halogenated alkanes) is 8. The third kappa shape index (κ3) is 15.2. The molecule has 0 saturated heterocycles. The molecule has 0 spiro atoms. The first-order valence-corrected chi connectivity index (χ1v) is 7.90. The highest BCUT2D eigenvalue weighted by atomic mass is 13.9. The molecule has 0 atom stereocenters. The minimum absolute atomic E-state index is 1.21. The summed E-state index contributed by atoms with van der Waals surface area (Å²) in [6.45, 7) is 4.50. The fourth-order valence-electron chi connectivity index (χ4n) is 1.84. The molecule has 18 heavy (non-hydrogen) atoms. The molecule has 104 valence electrons. The number of allylic oxidation sites excluding steroid dienone is 6. The van der Waals surface area contributed by atoms with Gasteiger partial charge in [-0.3, -0.25) is 0 Å². The van der Waals surface area contributed by atoms with E-state index in [1.54, 1.807) is 0 Å². The van der Waals surface area contributed by atoms with Crippen molar-refractivity contribution in [3.05, 3.63) is 36.5 Å². The molecule has 0 aromatic rings. The van der Waals surface area contributed by atoms with Gasteiger partial charge in [0.05, 0.1) is 0 Å². The molecule has 0 N–H and O–H groups in total. The maximum absolute atomic E-state index is 2.29. The molecule has 0 aromatic heterocycles. The molecular weight excluding hydrogens is 216 g/mol. The molecule has 0 aliphatic rings. The topological polar surface area (TPSA) is 0 Å². The summed E-state index contributed by atoms with van der Waals surface area (Å²) in [4.78, 5) is 0. The lowest BCUT2D eigenvalue weighted by Gasteiger charge is -1.97. The van der Waals surface area contributed by atoms with Gasteiger partial charge in [0.1, 0.15) is 0 Å². The summed E-state index contributed by atoms with van der Waals surface area (Å²) in [5, 5.41) is 0. The highest BCUT2D eigenvalue weighted by Crippen LogP contribution is 2.07. The fraction of sp³-hybridized carbons (Fsp3) is 0.667. The van der Waals surface area contributed by atoms with Crippen LogP contribution in [0.4, 0.5) is 0 Å². The Kier molecular flexibility index (Phi) is 15.5. The van der Waals surface area contributed by atoms with Crippen LogP contribution in [0.1, 0.15) is 78.1 Å². The van der Waals surface area contributed by atoms with Gasteiger partial charge in [0.2, 0.25) is 0 Å². The predicted octanol–water partition coefficient (Wildman–Crippen LogP) is 6.60. The molecule has 0 aliphatic carbocycles. The molecule has 0 saturated carbocycles. The van der Waals surface area contributed by atoms with E-state index in [-0.39, 0.29) is 0 Å². The summed E-state index contributed by atoms with van der Waals surface area (Å²) in [7, 11) is 0. The van der Waals surface area contributed by atoms with Crippen molar-refractivity contribution in [2.45, 2.75) is 78.1 Å². The Hall–Kier alpha value is -0.780. The molecule has 0 heteroatoms. The summed E-state index contributed by atoms with van der Waals surface area (Å²) in [5.74, 6) is 0. The SMILES string of the molecule is CCCC\C=C/C=C\C=C/CCCCCCCC. The molecule has 0 bridgehead atoms. The van der Waals surface area contributed by atoms with E-state index in [0.29, 0.717) is 0 Å². The Morgan fingerprint density at radius 3 is 1.61 bits per heavy atom. The quantitative estimate of drug-likeness (QED) is 0.270. The van der Waals surface area contributed by atoms with Crippen LogP contribution in [0, 0.1) is 0 Å². The van der Waals surface area contributed by atoms with Crippen LogP contribution in [0.3, 0.4) is 0 Å². The van der Waals surface area contributed by atoms with Crippen LogP contribution < -0.4 is 0 Å². The van der Waals surface area contributed by atoms with Crippen LogP contribution in [0.25, 0.3) is 0 Å². The van der Waals surface area contributed by atoms with Gasteiger partial charge in [0, 0.05) is 0 Å². The molecule has 0 rings (SSSR count). The molecule has 0 nitrogen and oxygen atoms in total. The molecule has 0 aliphatic heterocycles. The molecular formula is C18H32. The average Bonchev–Trinajstić information content (AvgIpc) is 2.39. The fourth-order valence-corrected chi connectivity index (χ4v) is 1.84. The summed E-state index contributed by atoms with van der Waals surface area (Å²) in [6, 6.07) is 0. The van der Waals surface area contributed by atoms with Crippen LogP contribution >= 0.6 is 0 Å². The van der Waals surface area contributed by atoms with Gasteiger partial charge in [0.15, 0.2) is 0 Å². The van der Waals surface area contributed by atoms with E-state index in [0.717, 1.165) is 0 Å². The molecule has 0 unspecified atom stereocenters. The zero-order valence-electron chi connectivity index (χ0n) is 12.5. The van der Waals surface area contributed by atoms with Crippen molar-refractivity contribution >= 4 is 0 Å². The lowest BCUT2D eigenvalue weighted by molar-refractivity contribution is 0.611. The van der Waals surface area contributed by atoms with Gasteiger partial charge in [-0.2, -0.15) is 0 Å². The lowest BCUT2D eigenvalue weighted by Crippen LogP contribution is -1.77. The summed E-state index contributed by atoms with van der Waals surface area (Å²) >= 11 is 0. The maximum Gasteiger partial charge on any atom is -0.0348 e. The van der Waals surface area contributed by atoms with Crippen molar-refractivity contribution in [1.29, 1.82) is 0 Å². The molecule has 0 amide bonds. The van der Waals surface area contributed by atoms with E-state index in [9.17, 15) is 0 Å². The van der Waals surface area contributed by atoms with Crippen LogP contribution in [0.2, 0.25) is 0 Å². The van der Waals surface area contributed by atoms with Crippen molar-refractivity contribution in [2.24, 2.45) is 0 Å². The Labute approximate surface area is 115 Å². The van der Waals surface area contributed by atoms with E-state index in [1.165, 1.54) is 64.2 Å². The Bertz CT molecular complexity index is 220. The second-order valence-corrected chi connectivity index (χ2v) is 4.94. The van der Waals surface area contributed by atoms with Crippen molar-refractivity contribution < 1.29 is 0 Å². The van der Waals surface area contributed by atoms with E-state index < -0.39 is 0 Å². The molecule has 0 heterocycles. The Morgan fingerprint density at radius 1 is 0.500 bits per heavy atom. The first-order chi connectivity index (χ1) is 8.91. The third-order valence-electron chi connectivity index (χ3n) is 3.05. The second-order valence-electron chi connectivity index (χ2n) is 4.94. The number of hydrogen-bond acceptors (Lipinski definition) is 0. The van der Waals surface area contributed by atoms with Crippen molar-refractivity contribution in [1.82, 2.24) is 0 Å². The van der Waals surface area contributed by atoms with E-state index >= 15 is 0 Å². The van der Waals surface area contributed by atoms with Crippen molar-refractivity contribution in [3.63, 3.8) is 0 Å². The average molecular weight is 248 g/mol. The van der Waals surface area contributed by atoms with Gasteiger partial charge in [-0.25, -0.2) is 0 Å². The highest BCUT2D eigenvalue weighted by molar-refractivity contribution is 5.10. The molecule has 0 fully saturated rings. The summed E-state index contributed by atoms with van der Waals surface area (Å²) in [5.41, 5.74) is 0. The Balaban J connectivity index is 3.26. The van der Waals surface area contributed by atoms with Crippen molar-refractivity contribution in [2.75, 3.05) is 0 Å². The zero-order valence-corrected chi connectivity index (χ0v) is 12.5.